The highest BCUT2D eigenvalue weighted by molar-refractivity contribution is 6.12. The number of carbonyl (C=O) groups is 2. The summed E-state index contributed by atoms with van der Waals surface area (Å²) in [4.78, 5) is 27.1. The van der Waals surface area contributed by atoms with E-state index in [9.17, 15) is 9.59 Å². The normalized spacial score (nSPS) is 10.2. The van der Waals surface area contributed by atoms with Crippen molar-refractivity contribution in [1.29, 1.82) is 0 Å². The van der Waals surface area contributed by atoms with Crippen molar-refractivity contribution in [3.63, 3.8) is 0 Å². The van der Waals surface area contributed by atoms with Gasteiger partial charge in [0.1, 0.15) is 6.42 Å². The zero-order chi connectivity index (χ0) is 12.3. The van der Waals surface area contributed by atoms with Gasteiger partial charge >= 0.3 is 5.97 Å². The van der Waals surface area contributed by atoms with Gasteiger partial charge in [0.05, 0.1) is 12.6 Å². The van der Waals surface area contributed by atoms with E-state index in [1.807, 2.05) is 24.3 Å². The summed E-state index contributed by atoms with van der Waals surface area (Å²) in [6.07, 6.45) is 1.32. The molecule has 2 aromatic rings. The molecule has 1 aromatic heterocycles. The van der Waals surface area contributed by atoms with E-state index < -0.39 is 5.97 Å². The molecule has 0 atom stereocenters. The fourth-order valence-corrected chi connectivity index (χ4v) is 1.64. The van der Waals surface area contributed by atoms with Crippen LogP contribution in [0.1, 0.15) is 16.8 Å². The number of carbonyl (C=O) groups excluding carboxylic acids is 2. The number of hydrogen-bond acceptors (Lipinski definition) is 4. The Morgan fingerprint density at radius 1 is 1.24 bits per heavy atom. The number of Topliss-reactive ketones (excluding diaryl/α,β-unsaturated/α-hetero) is 1. The highest BCUT2D eigenvalue weighted by Gasteiger charge is 2.14. The second-order valence-electron chi connectivity index (χ2n) is 3.55. The summed E-state index contributed by atoms with van der Waals surface area (Å²) in [5.41, 5.74) is 1.24. The van der Waals surface area contributed by atoms with Crippen molar-refractivity contribution >= 4 is 22.7 Å². The molecule has 0 aliphatic rings. The maximum absolute atomic E-state index is 11.9. The van der Waals surface area contributed by atoms with E-state index in [4.69, 9.17) is 0 Å². The van der Waals surface area contributed by atoms with E-state index in [-0.39, 0.29) is 12.2 Å². The van der Waals surface area contributed by atoms with Crippen LogP contribution in [0.25, 0.3) is 10.9 Å². The number of benzene rings is 1. The lowest BCUT2D eigenvalue weighted by Gasteiger charge is -2.04. The standard InChI is InChI=1S/C13H11NO3/c1-17-13(16)8-12(15)10-6-7-14-11-5-3-2-4-9(10)11/h2-7H,8H2,1H3. The molecule has 1 heterocycles. The molecule has 0 bridgehead atoms. The molecule has 86 valence electrons. The number of fused-ring (bicyclic) bond motifs is 1. The number of nitrogens with zero attached hydrogens (tertiary/aromatic N) is 1. The van der Waals surface area contributed by atoms with E-state index in [1.165, 1.54) is 7.11 Å². The van der Waals surface area contributed by atoms with Gasteiger partial charge in [0, 0.05) is 17.1 Å². The van der Waals surface area contributed by atoms with Crippen LogP contribution >= 0.6 is 0 Å². The SMILES string of the molecule is COC(=O)CC(=O)c1ccnc2ccccc12. The van der Waals surface area contributed by atoms with E-state index in [2.05, 4.69) is 9.72 Å². The maximum atomic E-state index is 11.9. The molecule has 1 aromatic carbocycles. The van der Waals surface area contributed by atoms with Crippen molar-refractivity contribution in [1.82, 2.24) is 4.98 Å². The van der Waals surface area contributed by atoms with Crippen molar-refractivity contribution in [3.8, 4) is 0 Å². The summed E-state index contributed by atoms with van der Waals surface area (Å²) >= 11 is 0. The predicted molar refractivity (Wildman–Crippen MR) is 62.7 cm³/mol. The molecule has 17 heavy (non-hydrogen) atoms. The zero-order valence-electron chi connectivity index (χ0n) is 9.34. The number of ketones is 1. The van der Waals surface area contributed by atoms with Crippen LogP contribution in [0.5, 0.6) is 0 Å². The lowest BCUT2D eigenvalue weighted by molar-refractivity contribution is -0.139. The minimum Gasteiger partial charge on any atom is -0.469 e. The molecule has 0 radical (unpaired) electrons. The quantitative estimate of drug-likeness (QED) is 0.458. The Labute approximate surface area is 98.2 Å². The average molecular weight is 229 g/mol. The fourth-order valence-electron chi connectivity index (χ4n) is 1.64. The van der Waals surface area contributed by atoms with Crippen LogP contribution in [0.2, 0.25) is 0 Å². The number of rotatable bonds is 3. The summed E-state index contributed by atoms with van der Waals surface area (Å²) in [7, 11) is 1.26. The van der Waals surface area contributed by atoms with Gasteiger partial charge in [0.2, 0.25) is 0 Å². The number of ether oxygens (including phenoxy) is 1. The lowest BCUT2D eigenvalue weighted by atomic mass is 10.0. The van der Waals surface area contributed by atoms with E-state index >= 15 is 0 Å². The molecule has 4 heteroatoms. The molecule has 0 amide bonds. The minimum absolute atomic E-state index is 0.246. The maximum Gasteiger partial charge on any atom is 0.313 e. The molecular weight excluding hydrogens is 218 g/mol. The van der Waals surface area contributed by atoms with Crippen LogP contribution in [0.3, 0.4) is 0 Å². The number of aromatic nitrogens is 1. The second kappa shape index (κ2) is 4.74. The van der Waals surface area contributed by atoms with Crippen LogP contribution in [0.4, 0.5) is 0 Å². The van der Waals surface area contributed by atoms with Crippen molar-refractivity contribution in [3.05, 3.63) is 42.1 Å². The smallest absolute Gasteiger partial charge is 0.313 e. The van der Waals surface area contributed by atoms with Crippen LogP contribution in [0.15, 0.2) is 36.5 Å². The Morgan fingerprint density at radius 3 is 2.76 bits per heavy atom. The van der Waals surface area contributed by atoms with Crippen molar-refractivity contribution in [2.75, 3.05) is 7.11 Å². The molecule has 2 rings (SSSR count). The number of pyridine rings is 1. The first-order valence-corrected chi connectivity index (χ1v) is 5.16. The van der Waals surface area contributed by atoms with Gasteiger partial charge in [-0.25, -0.2) is 0 Å². The third-order valence-electron chi connectivity index (χ3n) is 2.48. The molecule has 0 saturated carbocycles. The van der Waals surface area contributed by atoms with E-state index in [1.54, 1.807) is 12.3 Å². The van der Waals surface area contributed by atoms with Gasteiger partial charge in [-0.1, -0.05) is 18.2 Å². The Balaban J connectivity index is 2.41. The molecule has 0 N–H and O–H groups in total. The number of methoxy groups -OCH3 is 1. The first-order valence-electron chi connectivity index (χ1n) is 5.16. The van der Waals surface area contributed by atoms with Crippen LogP contribution in [-0.2, 0) is 9.53 Å². The van der Waals surface area contributed by atoms with Crippen molar-refractivity contribution in [2.45, 2.75) is 6.42 Å². The van der Waals surface area contributed by atoms with Crippen molar-refractivity contribution in [2.24, 2.45) is 0 Å². The second-order valence-corrected chi connectivity index (χ2v) is 3.55. The number of para-hydroxylation sites is 1. The van der Waals surface area contributed by atoms with Gasteiger partial charge in [0.25, 0.3) is 0 Å². The topological polar surface area (TPSA) is 56.3 Å². The monoisotopic (exact) mass is 229 g/mol. The van der Waals surface area contributed by atoms with Gasteiger partial charge in [-0.15, -0.1) is 0 Å². The fraction of sp³-hybridized carbons (Fsp3) is 0.154. The summed E-state index contributed by atoms with van der Waals surface area (Å²) in [6, 6.07) is 8.94. The Morgan fingerprint density at radius 2 is 2.00 bits per heavy atom. The zero-order valence-corrected chi connectivity index (χ0v) is 9.34. The molecule has 0 aliphatic carbocycles. The van der Waals surface area contributed by atoms with Gasteiger partial charge in [-0.2, -0.15) is 0 Å². The summed E-state index contributed by atoms with van der Waals surface area (Å²) in [5, 5.41) is 0.754. The van der Waals surface area contributed by atoms with Gasteiger partial charge in [-0.3, -0.25) is 14.6 Å². The van der Waals surface area contributed by atoms with Gasteiger partial charge in [-0.05, 0) is 12.1 Å². The van der Waals surface area contributed by atoms with Crippen LogP contribution in [-0.4, -0.2) is 23.8 Å². The third-order valence-corrected chi connectivity index (χ3v) is 2.48. The summed E-state index contributed by atoms with van der Waals surface area (Å²) < 4.78 is 4.48. The van der Waals surface area contributed by atoms with Gasteiger partial charge in [0.15, 0.2) is 5.78 Å². The Kier molecular flexibility index (Phi) is 3.14. The molecule has 4 nitrogen and oxygen atoms in total. The molecule has 0 saturated heterocycles. The van der Waals surface area contributed by atoms with E-state index in [0.29, 0.717) is 5.56 Å². The first kappa shape index (κ1) is 11.3. The van der Waals surface area contributed by atoms with Crippen molar-refractivity contribution < 1.29 is 14.3 Å². The molecular formula is C13H11NO3. The molecule has 0 aliphatic heterocycles. The number of esters is 1. The minimum atomic E-state index is -0.532. The Bertz CT molecular complexity index is 572. The molecule has 0 spiro atoms. The largest absolute Gasteiger partial charge is 0.469 e. The average Bonchev–Trinajstić information content (AvgIpc) is 2.37. The summed E-state index contributed by atoms with van der Waals surface area (Å²) in [6.45, 7) is 0. The number of hydrogen-bond donors (Lipinski definition) is 0. The van der Waals surface area contributed by atoms with E-state index in [0.717, 1.165) is 10.9 Å². The van der Waals surface area contributed by atoms with Crippen LogP contribution < -0.4 is 0 Å². The predicted octanol–water partition coefficient (Wildman–Crippen LogP) is 1.98. The van der Waals surface area contributed by atoms with Gasteiger partial charge < -0.3 is 4.74 Å². The first-order chi connectivity index (χ1) is 8.22. The Hall–Kier alpha value is -2.23. The highest BCUT2D eigenvalue weighted by atomic mass is 16.5. The lowest BCUT2D eigenvalue weighted by Crippen LogP contribution is -2.10. The third kappa shape index (κ3) is 2.30. The van der Waals surface area contributed by atoms with Crippen LogP contribution in [0, 0.1) is 0 Å². The molecule has 0 fully saturated rings. The molecule has 0 unspecified atom stereocenters. The highest BCUT2D eigenvalue weighted by Crippen LogP contribution is 2.17. The summed E-state index contributed by atoms with van der Waals surface area (Å²) in [5.74, 6) is -0.786.